The summed E-state index contributed by atoms with van der Waals surface area (Å²) in [7, 11) is 0. The van der Waals surface area contributed by atoms with Gasteiger partial charge in [0.2, 0.25) is 11.8 Å². The first-order valence-corrected chi connectivity index (χ1v) is 8.84. The van der Waals surface area contributed by atoms with Gasteiger partial charge in [0.1, 0.15) is 0 Å². The summed E-state index contributed by atoms with van der Waals surface area (Å²) >= 11 is 3.88. The van der Waals surface area contributed by atoms with Crippen LogP contribution in [-0.4, -0.2) is 47.4 Å². The molecule has 0 unspecified atom stereocenters. The quantitative estimate of drug-likeness (QED) is 0.808. The van der Waals surface area contributed by atoms with Gasteiger partial charge in [0, 0.05) is 47.4 Å². The van der Waals surface area contributed by atoms with E-state index >= 15 is 0 Å². The molecule has 1 aliphatic heterocycles. The van der Waals surface area contributed by atoms with Gasteiger partial charge < -0.3 is 10.6 Å². The van der Waals surface area contributed by atoms with Crippen molar-refractivity contribution in [2.24, 2.45) is 5.41 Å². The van der Waals surface area contributed by atoms with Crippen LogP contribution in [0.2, 0.25) is 0 Å². The van der Waals surface area contributed by atoms with Crippen LogP contribution in [0.1, 0.15) is 27.2 Å². The second kappa shape index (κ2) is 8.04. The van der Waals surface area contributed by atoms with E-state index in [4.69, 9.17) is 0 Å². The van der Waals surface area contributed by atoms with Gasteiger partial charge >= 0.3 is 0 Å². The topological polar surface area (TPSA) is 58.2 Å². The zero-order chi connectivity index (χ0) is 14.3. The molecule has 0 saturated carbocycles. The number of nitrogens with one attached hydrogen (secondary N) is 2. The van der Waals surface area contributed by atoms with Crippen molar-refractivity contribution in [3.63, 3.8) is 0 Å². The first-order valence-electron chi connectivity index (χ1n) is 6.64. The molecule has 1 atom stereocenters. The summed E-state index contributed by atoms with van der Waals surface area (Å²) in [6, 6.07) is 0. The van der Waals surface area contributed by atoms with Gasteiger partial charge in [-0.25, -0.2) is 0 Å². The fraction of sp³-hybridized carbons (Fsp3) is 0.846. The number of amides is 2. The van der Waals surface area contributed by atoms with Gasteiger partial charge in [0.25, 0.3) is 0 Å². The molecule has 0 aromatic carbocycles. The molecule has 4 nitrogen and oxygen atoms in total. The largest absolute Gasteiger partial charge is 0.355 e. The van der Waals surface area contributed by atoms with Crippen molar-refractivity contribution in [1.29, 1.82) is 0 Å². The zero-order valence-corrected chi connectivity index (χ0v) is 13.6. The van der Waals surface area contributed by atoms with Crippen LogP contribution in [0.3, 0.4) is 0 Å². The standard InChI is InChI=1S/C13H24N2O2S2/c1-13(2,3)12(17)14-5-4-11(16)15-8-10-9-18-6-7-19-10/h10H,4-9H2,1-3H3,(H,14,17)(H,15,16)/t10-/m1/s1. The van der Waals surface area contributed by atoms with Gasteiger partial charge in [-0.05, 0) is 0 Å². The third-order valence-corrected chi connectivity index (χ3v) is 5.58. The molecular weight excluding hydrogens is 280 g/mol. The predicted molar refractivity (Wildman–Crippen MR) is 83.7 cm³/mol. The third kappa shape index (κ3) is 7.11. The minimum absolute atomic E-state index is 0.0143. The molecule has 0 spiro atoms. The maximum absolute atomic E-state index is 11.6. The Balaban J connectivity index is 2.09. The van der Waals surface area contributed by atoms with Crippen LogP contribution < -0.4 is 10.6 Å². The van der Waals surface area contributed by atoms with Gasteiger partial charge in [-0.1, -0.05) is 20.8 Å². The smallest absolute Gasteiger partial charge is 0.225 e. The van der Waals surface area contributed by atoms with E-state index in [-0.39, 0.29) is 11.8 Å². The van der Waals surface area contributed by atoms with Crippen LogP contribution in [0.5, 0.6) is 0 Å². The molecule has 110 valence electrons. The minimum Gasteiger partial charge on any atom is -0.355 e. The molecule has 1 aliphatic rings. The molecule has 1 rings (SSSR count). The molecule has 19 heavy (non-hydrogen) atoms. The molecule has 2 amide bonds. The van der Waals surface area contributed by atoms with Crippen molar-refractivity contribution in [2.75, 3.05) is 30.3 Å². The van der Waals surface area contributed by atoms with E-state index in [1.54, 1.807) is 0 Å². The Morgan fingerprint density at radius 1 is 1.21 bits per heavy atom. The highest BCUT2D eigenvalue weighted by Crippen LogP contribution is 2.23. The van der Waals surface area contributed by atoms with Gasteiger partial charge in [-0.2, -0.15) is 23.5 Å². The molecule has 1 heterocycles. The number of rotatable bonds is 5. The summed E-state index contributed by atoms with van der Waals surface area (Å²) in [6.45, 7) is 6.74. The Kier molecular flexibility index (Phi) is 7.07. The number of carbonyl (C=O) groups is 2. The lowest BCUT2D eigenvalue weighted by Crippen LogP contribution is -2.38. The molecule has 6 heteroatoms. The lowest BCUT2D eigenvalue weighted by molar-refractivity contribution is -0.128. The van der Waals surface area contributed by atoms with Crippen LogP contribution in [-0.2, 0) is 9.59 Å². The van der Waals surface area contributed by atoms with Crippen molar-refractivity contribution >= 4 is 35.3 Å². The van der Waals surface area contributed by atoms with Crippen LogP contribution >= 0.6 is 23.5 Å². The Hall–Kier alpha value is -0.360. The normalized spacial score (nSPS) is 19.8. The Bertz CT molecular complexity index is 310. The molecule has 0 aliphatic carbocycles. The summed E-state index contributed by atoms with van der Waals surface area (Å²) in [4.78, 5) is 23.2. The third-order valence-electron chi connectivity index (χ3n) is 2.73. The average molecular weight is 304 g/mol. The summed E-state index contributed by atoms with van der Waals surface area (Å²) < 4.78 is 0. The zero-order valence-electron chi connectivity index (χ0n) is 12.0. The van der Waals surface area contributed by atoms with Gasteiger partial charge in [0.15, 0.2) is 0 Å². The summed E-state index contributed by atoms with van der Waals surface area (Å²) in [5, 5.41) is 6.26. The molecule has 0 aromatic heterocycles. The second-order valence-corrected chi connectivity index (χ2v) is 8.19. The predicted octanol–water partition coefficient (Wildman–Crippen LogP) is 1.50. The maximum Gasteiger partial charge on any atom is 0.225 e. The summed E-state index contributed by atoms with van der Waals surface area (Å²) in [5.74, 6) is 3.51. The first-order chi connectivity index (χ1) is 8.89. The molecule has 0 bridgehead atoms. The molecular formula is C13H24N2O2S2. The molecule has 1 fully saturated rings. The highest BCUT2D eigenvalue weighted by Gasteiger charge is 2.20. The minimum atomic E-state index is -0.396. The van der Waals surface area contributed by atoms with Crippen molar-refractivity contribution < 1.29 is 9.59 Å². The van der Waals surface area contributed by atoms with E-state index in [1.807, 2.05) is 44.3 Å². The lowest BCUT2D eigenvalue weighted by atomic mass is 9.96. The highest BCUT2D eigenvalue weighted by atomic mass is 32.2. The lowest BCUT2D eigenvalue weighted by Gasteiger charge is -2.21. The number of thioether (sulfide) groups is 2. The van der Waals surface area contributed by atoms with E-state index in [9.17, 15) is 9.59 Å². The van der Waals surface area contributed by atoms with Gasteiger partial charge in [-0.3, -0.25) is 9.59 Å². The van der Waals surface area contributed by atoms with Crippen molar-refractivity contribution in [3.8, 4) is 0 Å². The molecule has 0 radical (unpaired) electrons. The SMILES string of the molecule is CC(C)(C)C(=O)NCCC(=O)NC[C@@H]1CSCCS1. The summed E-state index contributed by atoms with van der Waals surface area (Å²) in [5.41, 5.74) is -0.396. The van der Waals surface area contributed by atoms with Crippen LogP contribution in [0.15, 0.2) is 0 Å². The van der Waals surface area contributed by atoms with Crippen molar-refractivity contribution in [3.05, 3.63) is 0 Å². The number of carbonyl (C=O) groups excluding carboxylic acids is 2. The van der Waals surface area contributed by atoms with E-state index in [1.165, 1.54) is 11.5 Å². The maximum atomic E-state index is 11.6. The van der Waals surface area contributed by atoms with E-state index < -0.39 is 5.41 Å². The molecule has 0 aromatic rings. The Labute approximate surface area is 124 Å². The number of hydrogen-bond donors (Lipinski definition) is 2. The van der Waals surface area contributed by atoms with E-state index in [0.717, 1.165) is 12.3 Å². The average Bonchev–Trinajstić information content (AvgIpc) is 2.36. The first kappa shape index (κ1) is 16.7. The Morgan fingerprint density at radius 2 is 1.95 bits per heavy atom. The van der Waals surface area contributed by atoms with Crippen LogP contribution in [0.4, 0.5) is 0 Å². The van der Waals surface area contributed by atoms with Crippen molar-refractivity contribution in [2.45, 2.75) is 32.4 Å². The van der Waals surface area contributed by atoms with Gasteiger partial charge in [-0.15, -0.1) is 0 Å². The molecule has 2 N–H and O–H groups in total. The fourth-order valence-electron chi connectivity index (χ4n) is 1.53. The van der Waals surface area contributed by atoms with Crippen LogP contribution in [0, 0.1) is 5.41 Å². The fourth-order valence-corrected chi connectivity index (χ4v) is 4.14. The highest BCUT2D eigenvalue weighted by molar-refractivity contribution is 8.06. The number of hydrogen-bond acceptors (Lipinski definition) is 4. The van der Waals surface area contributed by atoms with Crippen molar-refractivity contribution in [1.82, 2.24) is 10.6 Å². The summed E-state index contributed by atoms with van der Waals surface area (Å²) in [6.07, 6.45) is 0.354. The second-order valence-electron chi connectivity index (χ2n) is 5.63. The monoisotopic (exact) mass is 304 g/mol. The Morgan fingerprint density at radius 3 is 2.53 bits per heavy atom. The van der Waals surface area contributed by atoms with E-state index in [2.05, 4.69) is 10.6 Å². The van der Waals surface area contributed by atoms with Gasteiger partial charge in [0.05, 0.1) is 0 Å². The van der Waals surface area contributed by atoms with Crippen LogP contribution in [0.25, 0.3) is 0 Å². The van der Waals surface area contributed by atoms with E-state index in [0.29, 0.717) is 18.2 Å². The molecule has 1 saturated heterocycles.